The highest BCUT2D eigenvalue weighted by Crippen LogP contribution is 2.57. The summed E-state index contributed by atoms with van der Waals surface area (Å²) in [6.45, 7) is 9.95. The number of benzene rings is 3. The van der Waals surface area contributed by atoms with Gasteiger partial charge in [-0.15, -0.1) is 0 Å². The van der Waals surface area contributed by atoms with Crippen molar-refractivity contribution in [2.75, 3.05) is 27.4 Å². The van der Waals surface area contributed by atoms with Gasteiger partial charge >= 0.3 is 39.2 Å². The van der Waals surface area contributed by atoms with Crippen LogP contribution in [0.25, 0.3) is 6.08 Å². The summed E-state index contributed by atoms with van der Waals surface area (Å²) in [5, 5.41) is 2.73. The Kier molecular flexibility index (Phi) is 17.6. The summed E-state index contributed by atoms with van der Waals surface area (Å²) in [4.78, 5) is 113. The van der Waals surface area contributed by atoms with E-state index in [2.05, 4.69) is 19.3 Å². The van der Waals surface area contributed by atoms with E-state index in [9.17, 15) is 52.5 Å². The second kappa shape index (κ2) is 23.3. The Morgan fingerprint density at radius 3 is 2.00 bits per heavy atom. The van der Waals surface area contributed by atoms with E-state index >= 15 is 0 Å². The number of ketones is 1. The average molecular weight is 1110 g/mol. The van der Waals surface area contributed by atoms with Gasteiger partial charge in [0.2, 0.25) is 5.91 Å². The number of Topliss-reactive ketones (excluding diaryl/α,β-unsaturated/α-hetero) is 1. The van der Waals surface area contributed by atoms with E-state index in [-0.39, 0.29) is 52.7 Å². The molecule has 0 bridgehead atoms. The van der Waals surface area contributed by atoms with Crippen LogP contribution in [0, 0.1) is 10.8 Å². The van der Waals surface area contributed by atoms with Crippen molar-refractivity contribution in [3.8, 4) is 23.0 Å². The summed E-state index contributed by atoms with van der Waals surface area (Å²) in [5.41, 5.74) is -3.28. The van der Waals surface area contributed by atoms with Gasteiger partial charge in [-0.3, -0.25) is 51.6 Å². The van der Waals surface area contributed by atoms with Crippen LogP contribution in [0.2, 0.25) is 0 Å². The number of esters is 3. The van der Waals surface area contributed by atoms with Crippen molar-refractivity contribution in [1.29, 1.82) is 0 Å². The third kappa shape index (κ3) is 13.7. The van der Waals surface area contributed by atoms with Gasteiger partial charge in [0.25, 0.3) is 5.56 Å². The number of aromatic nitrogens is 2. The molecule has 1 spiro atoms. The number of nitrogens with one attached hydrogen (secondary N) is 2. The number of hydrogen-bond acceptors (Lipinski definition) is 18. The molecular formula is C52H61N3O20P2. The topological polar surface area (TPSA) is 310 Å². The number of phosphoric ester groups is 2. The van der Waals surface area contributed by atoms with Crippen LogP contribution in [0.3, 0.4) is 0 Å². The maximum atomic E-state index is 13.8. The Morgan fingerprint density at radius 2 is 1.40 bits per heavy atom. The minimum atomic E-state index is -4.61. The molecule has 414 valence electrons. The molecule has 1 fully saturated rings. The van der Waals surface area contributed by atoms with Gasteiger partial charge in [0.05, 0.1) is 28.6 Å². The second-order valence-corrected chi connectivity index (χ2v) is 23.5. The van der Waals surface area contributed by atoms with Crippen molar-refractivity contribution in [2.45, 2.75) is 111 Å². The molecule has 1 saturated heterocycles. The van der Waals surface area contributed by atoms with Crippen LogP contribution in [0.4, 0.5) is 0 Å². The molecule has 3 aliphatic heterocycles. The number of carbonyl (C=O) groups is 5. The molecule has 25 heteroatoms. The van der Waals surface area contributed by atoms with Gasteiger partial charge in [-0.2, -0.15) is 0 Å². The van der Waals surface area contributed by atoms with Crippen molar-refractivity contribution < 1.29 is 84.7 Å². The van der Waals surface area contributed by atoms with Gasteiger partial charge in [0.15, 0.2) is 11.4 Å². The number of hydrogen-bond donors (Lipinski definition) is 4. The molecule has 1 aromatic heterocycles. The number of fused-ring (bicyclic) bond motifs is 6. The number of phosphoric acid groups is 2. The summed E-state index contributed by atoms with van der Waals surface area (Å²) in [7, 11) is -7.27. The lowest BCUT2D eigenvalue weighted by Gasteiger charge is -2.37. The van der Waals surface area contributed by atoms with E-state index in [1.165, 1.54) is 18.2 Å². The number of nitrogens with zero attached hydrogens (tertiary/aromatic N) is 1. The molecule has 0 aliphatic carbocycles. The third-order valence-electron chi connectivity index (χ3n) is 12.6. The fourth-order valence-electron chi connectivity index (χ4n) is 8.42. The monoisotopic (exact) mass is 1110 g/mol. The average Bonchev–Trinajstić information content (AvgIpc) is 4.06. The van der Waals surface area contributed by atoms with Crippen molar-refractivity contribution in [1.82, 2.24) is 14.9 Å². The van der Waals surface area contributed by atoms with E-state index in [0.29, 0.717) is 54.5 Å². The number of ether oxygens (including phenoxy) is 5. The zero-order valence-corrected chi connectivity index (χ0v) is 45.4. The minimum absolute atomic E-state index is 0.119. The quantitative estimate of drug-likeness (QED) is 0.0156. The maximum Gasteiger partial charge on any atom is 0.472 e. The lowest BCUT2D eigenvalue weighted by molar-refractivity contribution is -0.143. The molecule has 5 atom stereocenters. The first-order valence-electron chi connectivity index (χ1n) is 24.5. The molecule has 7 rings (SSSR count). The van der Waals surface area contributed by atoms with E-state index in [0.717, 1.165) is 37.5 Å². The lowest BCUT2D eigenvalue weighted by atomic mass is 9.77. The number of H-pyrrole nitrogens is 1. The molecule has 0 radical (unpaired) electrons. The standard InChI is InChI=1S/C52H61N3O20P2/c1-50(2,3)47(60)70-32-17-20-35-39(25-32)72-40-26-33(71-48(61)51(4,5)6)18-21-36(40)52(35)37-24-30(15-19-34(37)46(59)74-52)38(56)14-12-10-9-11-13-23-53-43(57)22-16-31-28-55(49(62)54-45(31)58)44-27-41(75-77(65,66)68-8)42(73-44)29-69-76(63,64)67-7/h15-22,24-26,28,41-42,44H,9-14,23,27,29H2,1-8H3,(H,53,57)(H,63,64)(H,65,66)(H,54,58,62)/b22-16+/t41-,42-,44-/m1/s1. The van der Waals surface area contributed by atoms with Crippen molar-refractivity contribution in [3.63, 3.8) is 0 Å². The fourth-order valence-corrected chi connectivity index (χ4v) is 9.51. The highest BCUT2D eigenvalue weighted by atomic mass is 31.2. The van der Waals surface area contributed by atoms with Crippen LogP contribution in [-0.4, -0.2) is 88.5 Å². The SMILES string of the molecule is COP(=O)(O)OC[C@H]1O[C@@H](n2cc(/C=C/C(=O)NCCCCCCCC(=O)c3ccc4c(c3)C3(OC4=O)c4ccc(OC(=O)C(C)(C)C)cc4Oc4cc(OC(=O)C(C)(C)C)ccc43)c(=O)[nH]c2=O)C[C@H]1OP(=O)(O)OC. The first-order chi connectivity index (χ1) is 36.1. The van der Waals surface area contributed by atoms with Crippen molar-refractivity contribution in [2.24, 2.45) is 10.8 Å². The number of amides is 1. The molecule has 4 aromatic rings. The molecule has 0 saturated carbocycles. The van der Waals surface area contributed by atoms with E-state index in [1.807, 2.05) is 0 Å². The Morgan fingerprint density at radius 1 is 0.805 bits per heavy atom. The zero-order chi connectivity index (χ0) is 56.3. The predicted octanol–water partition coefficient (Wildman–Crippen LogP) is 7.54. The fraction of sp³-hybridized carbons (Fsp3) is 0.442. The molecule has 4 N–H and O–H groups in total. The van der Waals surface area contributed by atoms with Crippen LogP contribution in [0.1, 0.15) is 136 Å². The van der Waals surface area contributed by atoms with Crippen molar-refractivity contribution in [3.05, 3.63) is 121 Å². The Bertz CT molecular complexity index is 3130. The predicted molar refractivity (Wildman–Crippen MR) is 273 cm³/mol. The molecule has 1 amide bonds. The number of carbonyl (C=O) groups excluding carboxylic acids is 5. The maximum absolute atomic E-state index is 13.8. The highest BCUT2D eigenvalue weighted by Gasteiger charge is 2.54. The summed E-state index contributed by atoms with van der Waals surface area (Å²) >= 11 is 0. The molecule has 4 heterocycles. The molecule has 23 nitrogen and oxygen atoms in total. The zero-order valence-electron chi connectivity index (χ0n) is 43.6. The van der Waals surface area contributed by atoms with Gasteiger partial charge in [-0.25, -0.2) is 18.7 Å². The molecule has 77 heavy (non-hydrogen) atoms. The Labute approximate surface area is 442 Å². The van der Waals surface area contributed by atoms with Gasteiger partial charge in [0, 0.05) is 80.3 Å². The van der Waals surface area contributed by atoms with Crippen molar-refractivity contribution >= 4 is 51.3 Å². The molecule has 3 aliphatic rings. The van der Waals surface area contributed by atoms with Crippen LogP contribution >= 0.6 is 15.6 Å². The van der Waals surface area contributed by atoms with E-state index in [4.69, 9.17) is 32.7 Å². The number of rotatable bonds is 21. The smallest absolute Gasteiger partial charge is 0.456 e. The first-order valence-corrected chi connectivity index (χ1v) is 27.5. The van der Waals surface area contributed by atoms with Gasteiger partial charge in [-0.05, 0) is 96.9 Å². The first kappa shape index (κ1) is 58.3. The molecule has 2 unspecified atom stereocenters. The largest absolute Gasteiger partial charge is 0.472 e. The van der Waals surface area contributed by atoms with E-state index < -0.39 is 92.2 Å². The molecule has 3 aromatic carbocycles. The highest BCUT2D eigenvalue weighted by molar-refractivity contribution is 7.47. The van der Waals surface area contributed by atoms with Gasteiger partial charge < -0.3 is 38.8 Å². The Hall–Kier alpha value is -6.39. The minimum Gasteiger partial charge on any atom is -0.456 e. The van der Waals surface area contributed by atoms with E-state index in [1.54, 1.807) is 84.0 Å². The summed E-state index contributed by atoms with van der Waals surface area (Å²) in [6, 6.07) is 14.3. The Balaban J connectivity index is 0.948. The second-order valence-electron chi connectivity index (χ2n) is 20.5. The van der Waals surface area contributed by atoms with Crippen LogP contribution < -0.4 is 30.8 Å². The lowest BCUT2D eigenvalue weighted by Crippen LogP contribution is -2.33. The summed E-state index contributed by atoms with van der Waals surface area (Å²) in [6.07, 6.45) is 2.84. The third-order valence-corrected chi connectivity index (χ3v) is 14.6. The summed E-state index contributed by atoms with van der Waals surface area (Å²) in [5.74, 6) is -1.52. The van der Waals surface area contributed by atoms with Crippen LogP contribution in [-0.2, 0) is 56.7 Å². The molecular weight excluding hydrogens is 1050 g/mol. The summed E-state index contributed by atoms with van der Waals surface area (Å²) < 4.78 is 73.7. The van der Waals surface area contributed by atoms with Gasteiger partial charge in [-0.1, -0.05) is 25.3 Å². The van der Waals surface area contributed by atoms with Crippen LogP contribution in [0.5, 0.6) is 23.0 Å². The number of unbranched alkanes of at least 4 members (excludes halogenated alkanes) is 4. The van der Waals surface area contributed by atoms with Crippen LogP contribution in [0.15, 0.2) is 76.5 Å². The number of aromatic amines is 1. The van der Waals surface area contributed by atoms with Gasteiger partial charge in [0.1, 0.15) is 41.4 Å². The normalized spacial score (nSPS) is 19.0.